The molecule has 0 heterocycles. The van der Waals surface area contributed by atoms with E-state index in [0.29, 0.717) is 24.1 Å². The van der Waals surface area contributed by atoms with Gasteiger partial charge in [-0.2, -0.15) is 0 Å². The molecule has 0 atom stereocenters. The van der Waals surface area contributed by atoms with E-state index in [-0.39, 0.29) is 5.82 Å². The third-order valence-electron chi connectivity index (χ3n) is 3.42. The van der Waals surface area contributed by atoms with Crippen molar-refractivity contribution in [1.29, 1.82) is 0 Å². The van der Waals surface area contributed by atoms with Crippen LogP contribution in [0.4, 0.5) is 4.39 Å². The van der Waals surface area contributed by atoms with E-state index >= 15 is 0 Å². The van der Waals surface area contributed by atoms with Crippen LogP contribution >= 0.6 is 15.9 Å². The summed E-state index contributed by atoms with van der Waals surface area (Å²) < 4.78 is 20.4. The number of aryl methyl sites for hydroxylation is 1. The largest absolute Gasteiger partial charge is 0.456 e. The van der Waals surface area contributed by atoms with Crippen molar-refractivity contribution in [2.75, 3.05) is 0 Å². The Bertz CT molecular complexity index is 655. The second-order valence-corrected chi connectivity index (χ2v) is 6.34. The van der Waals surface area contributed by atoms with E-state index in [2.05, 4.69) is 21.2 Å². The van der Waals surface area contributed by atoms with Crippen molar-refractivity contribution in [1.82, 2.24) is 5.32 Å². The van der Waals surface area contributed by atoms with Crippen molar-refractivity contribution in [2.24, 2.45) is 0 Å². The molecule has 0 saturated heterocycles. The van der Waals surface area contributed by atoms with Crippen molar-refractivity contribution >= 4 is 15.9 Å². The van der Waals surface area contributed by atoms with E-state index in [4.69, 9.17) is 4.74 Å². The first-order valence-corrected chi connectivity index (χ1v) is 7.86. The summed E-state index contributed by atoms with van der Waals surface area (Å²) in [5, 5.41) is 3.38. The highest BCUT2D eigenvalue weighted by molar-refractivity contribution is 9.10. The smallest absolute Gasteiger partial charge is 0.141 e. The minimum absolute atomic E-state index is 0.275. The molecule has 0 unspecified atom stereocenters. The molecule has 0 aliphatic heterocycles. The third-order valence-corrected chi connectivity index (χ3v) is 4.04. The van der Waals surface area contributed by atoms with Gasteiger partial charge in [-0.3, -0.25) is 0 Å². The maximum Gasteiger partial charge on any atom is 0.141 e. The van der Waals surface area contributed by atoms with Crippen LogP contribution in [0.1, 0.15) is 24.0 Å². The topological polar surface area (TPSA) is 21.3 Å². The molecular weight excluding hydrogens is 333 g/mol. The van der Waals surface area contributed by atoms with E-state index in [1.54, 1.807) is 6.07 Å². The summed E-state index contributed by atoms with van der Waals surface area (Å²) in [5.41, 5.74) is 2.04. The highest BCUT2D eigenvalue weighted by Crippen LogP contribution is 2.31. The van der Waals surface area contributed by atoms with Crippen molar-refractivity contribution in [2.45, 2.75) is 32.4 Å². The first kappa shape index (κ1) is 14.5. The summed E-state index contributed by atoms with van der Waals surface area (Å²) in [4.78, 5) is 0. The Morgan fingerprint density at radius 2 is 2.05 bits per heavy atom. The quantitative estimate of drug-likeness (QED) is 0.825. The summed E-state index contributed by atoms with van der Waals surface area (Å²) >= 11 is 3.47. The molecule has 4 heteroatoms. The Morgan fingerprint density at radius 3 is 2.76 bits per heavy atom. The molecule has 0 radical (unpaired) electrons. The van der Waals surface area contributed by atoms with E-state index in [0.717, 1.165) is 15.6 Å². The highest BCUT2D eigenvalue weighted by Gasteiger charge is 2.20. The molecule has 1 aliphatic rings. The number of halogens is 2. The number of ether oxygens (including phenoxy) is 1. The minimum atomic E-state index is -0.275. The molecule has 21 heavy (non-hydrogen) atoms. The monoisotopic (exact) mass is 349 g/mol. The lowest BCUT2D eigenvalue weighted by atomic mass is 10.2. The van der Waals surface area contributed by atoms with Gasteiger partial charge in [-0.25, -0.2) is 4.39 Å². The second kappa shape index (κ2) is 6.16. The van der Waals surface area contributed by atoms with Gasteiger partial charge in [0.2, 0.25) is 0 Å². The van der Waals surface area contributed by atoms with Gasteiger partial charge in [-0.15, -0.1) is 0 Å². The molecule has 2 nitrogen and oxygen atoms in total. The van der Waals surface area contributed by atoms with Crippen molar-refractivity contribution in [3.8, 4) is 11.5 Å². The molecule has 110 valence electrons. The molecule has 1 saturated carbocycles. The van der Waals surface area contributed by atoms with E-state index in [9.17, 15) is 4.39 Å². The number of benzene rings is 2. The molecule has 0 bridgehead atoms. The summed E-state index contributed by atoms with van der Waals surface area (Å²) in [6, 6.07) is 11.3. The minimum Gasteiger partial charge on any atom is -0.456 e. The SMILES string of the molecule is Cc1ccc(Oc2cc(F)cc(CNC3CC3)c2)c(Br)c1. The lowest BCUT2D eigenvalue weighted by Crippen LogP contribution is -2.15. The first-order valence-electron chi connectivity index (χ1n) is 7.07. The standard InChI is InChI=1S/C17H17BrFNO/c1-11-2-5-17(16(18)6-11)21-15-8-12(7-13(19)9-15)10-20-14-3-4-14/h2,5-9,14,20H,3-4,10H2,1H3. The number of nitrogens with one attached hydrogen (secondary N) is 1. The zero-order chi connectivity index (χ0) is 14.8. The molecule has 1 fully saturated rings. The van der Waals surface area contributed by atoms with Gasteiger partial charge in [-0.05, 0) is 71.1 Å². The predicted octanol–water partition coefficient (Wildman–Crippen LogP) is 4.94. The van der Waals surface area contributed by atoms with Crippen LogP contribution in [-0.2, 0) is 6.54 Å². The molecule has 2 aromatic rings. The summed E-state index contributed by atoms with van der Waals surface area (Å²) in [5.74, 6) is 0.933. The maximum atomic E-state index is 13.7. The maximum absolute atomic E-state index is 13.7. The van der Waals surface area contributed by atoms with Crippen LogP contribution in [0, 0.1) is 12.7 Å². The molecule has 1 N–H and O–H groups in total. The second-order valence-electron chi connectivity index (χ2n) is 5.49. The van der Waals surface area contributed by atoms with Crippen LogP contribution in [-0.4, -0.2) is 6.04 Å². The molecule has 2 aromatic carbocycles. The molecule has 1 aliphatic carbocycles. The predicted molar refractivity (Wildman–Crippen MR) is 85.2 cm³/mol. The van der Waals surface area contributed by atoms with Gasteiger partial charge in [0.25, 0.3) is 0 Å². The van der Waals surface area contributed by atoms with Crippen LogP contribution in [0.3, 0.4) is 0 Å². The lowest BCUT2D eigenvalue weighted by Gasteiger charge is -2.11. The highest BCUT2D eigenvalue weighted by atomic mass is 79.9. The van der Waals surface area contributed by atoms with Gasteiger partial charge >= 0.3 is 0 Å². The van der Waals surface area contributed by atoms with Gasteiger partial charge < -0.3 is 10.1 Å². The fourth-order valence-corrected chi connectivity index (χ4v) is 2.72. The third kappa shape index (κ3) is 4.05. The molecule has 0 spiro atoms. The molecular formula is C17H17BrFNO. The fourth-order valence-electron chi connectivity index (χ4n) is 2.15. The average Bonchev–Trinajstić information content (AvgIpc) is 3.23. The van der Waals surface area contributed by atoms with E-state index < -0.39 is 0 Å². The number of hydrogen-bond acceptors (Lipinski definition) is 2. The van der Waals surface area contributed by atoms with Crippen molar-refractivity contribution < 1.29 is 9.13 Å². The van der Waals surface area contributed by atoms with Gasteiger partial charge in [0, 0.05) is 18.7 Å². The van der Waals surface area contributed by atoms with Crippen LogP contribution in [0.2, 0.25) is 0 Å². The van der Waals surface area contributed by atoms with Crippen LogP contribution < -0.4 is 10.1 Å². The van der Waals surface area contributed by atoms with Gasteiger partial charge in [0.05, 0.1) is 4.47 Å². The van der Waals surface area contributed by atoms with Crippen LogP contribution in [0.25, 0.3) is 0 Å². The summed E-state index contributed by atoms with van der Waals surface area (Å²) in [7, 11) is 0. The van der Waals surface area contributed by atoms with Gasteiger partial charge in [-0.1, -0.05) is 6.07 Å². The first-order chi connectivity index (χ1) is 10.1. The molecule has 0 amide bonds. The Kier molecular flexibility index (Phi) is 4.27. The molecule has 3 rings (SSSR count). The zero-order valence-corrected chi connectivity index (χ0v) is 13.4. The normalized spacial score (nSPS) is 14.2. The van der Waals surface area contributed by atoms with E-state index in [1.807, 2.05) is 31.2 Å². The average molecular weight is 350 g/mol. The van der Waals surface area contributed by atoms with Crippen molar-refractivity contribution in [3.05, 3.63) is 57.8 Å². The summed E-state index contributed by atoms with van der Waals surface area (Å²) in [6.45, 7) is 2.69. The summed E-state index contributed by atoms with van der Waals surface area (Å²) in [6.07, 6.45) is 2.43. The Hall–Kier alpha value is -1.39. The Labute approximate surface area is 132 Å². The number of hydrogen-bond donors (Lipinski definition) is 1. The van der Waals surface area contributed by atoms with Crippen LogP contribution in [0.5, 0.6) is 11.5 Å². The van der Waals surface area contributed by atoms with Crippen molar-refractivity contribution in [3.63, 3.8) is 0 Å². The zero-order valence-electron chi connectivity index (χ0n) is 11.8. The molecule has 0 aromatic heterocycles. The van der Waals surface area contributed by atoms with Gasteiger partial charge in [0.1, 0.15) is 17.3 Å². The van der Waals surface area contributed by atoms with Crippen LogP contribution in [0.15, 0.2) is 40.9 Å². The Balaban J connectivity index is 1.77. The Morgan fingerprint density at radius 1 is 1.24 bits per heavy atom. The number of rotatable bonds is 5. The van der Waals surface area contributed by atoms with Gasteiger partial charge in [0.15, 0.2) is 0 Å². The lowest BCUT2D eigenvalue weighted by molar-refractivity contribution is 0.472. The van der Waals surface area contributed by atoms with E-state index in [1.165, 1.54) is 18.9 Å². The fraction of sp³-hybridized carbons (Fsp3) is 0.294.